The predicted octanol–water partition coefficient (Wildman–Crippen LogP) is 0.898. The zero-order valence-electron chi connectivity index (χ0n) is 13.2. The van der Waals surface area contributed by atoms with Crippen molar-refractivity contribution in [2.24, 2.45) is 0 Å². The summed E-state index contributed by atoms with van der Waals surface area (Å²) in [6.07, 6.45) is 5.42. The van der Waals surface area contributed by atoms with Crippen LogP contribution < -0.4 is 0 Å². The number of ether oxygens (including phenoxy) is 1. The van der Waals surface area contributed by atoms with Gasteiger partial charge in [0.15, 0.2) is 5.72 Å². The van der Waals surface area contributed by atoms with Crippen LogP contribution in [0.1, 0.15) is 29.6 Å². The molecule has 0 bridgehead atoms. The van der Waals surface area contributed by atoms with Crippen LogP contribution in [0, 0.1) is 0 Å². The number of fused-ring (bicyclic) bond motifs is 1. The number of nitrogens with zero attached hydrogens (tertiary/aromatic N) is 4. The summed E-state index contributed by atoms with van der Waals surface area (Å²) in [4.78, 5) is 29.1. The van der Waals surface area contributed by atoms with E-state index in [0.717, 1.165) is 18.5 Å². The molecule has 124 valence electrons. The Morgan fingerprint density at radius 1 is 1.33 bits per heavy atom. The molecule has 3 aliphatic rings. The Kier molecular flexibility index (Phi) is 2.79. The van der Waals surface area contributed by atoms with Crippen LogP contribution in [0.25, 0.3) is 5.52 Å². The molecule has 0 radical (unpaired) electrons. The van der Waals surface area contributed by atoms with Gasteiger partial charge >= 0.3 is 0 Å². The molecule has 2 aromatic heterocycles. The molecular formula is C17H18N4O3. The van der Waals surface area contributed by atoms with Crippen molar-refractivity contribution in [1.82, 2.24) is 19.4 Å². The van der Waals surface area contributed by atoms with Crippen molar-refractivity contribution in [3.05, 3.63) is 36.2 Å². The lowest BCUT2D eigenvalue weighted by Gasteiger charge is -2.42. The molecule has 0 saturated carbocycles. The molecule has 24 heavy (non-hydrogen) atoms. The van der Waals surface area contributed by atoms with Crippen LogP contribution in [0.3, 0.4) is 0 Å². The van der Waals surface area contributed by atoms with Crippen LogP contribution in [-0.2, 0) is 9.53 Å². The zero-order valence-corrected chi connectivity index (χ0v) is 13.2. The van der Waals surface area contributed by atoms with Gasteiger partial charge in [0, 0.05) is 37.5 Å². The van der Waals surface area contributed by atoms with Crippen molar-refractivity contribution >= 4 is 17.3 Å². The molecule has 0 N–H and O–H groups in total. The van der Waals surface area contributed by atoms with Crippen LogP contribution in [0.4, 0.5) is 0 Å². The van der Waals surface area contributed by atoms with Crippen LogP contribution in [0.15, 0.2) is 30.6 Å². The van der Waals surface area contributed by atoms with Crippen molar-refractivity contribution < 1.29 is 14.3 Å². The van der Waals surface area contributed by atoms with Crippen LogP contribution in [-0.4, -0.2) is 62.7 Å². The number of carbonyl (C=O) groups is 2. The third-order valence-electron chi connectivity index (χ3n) is 5.52. The fourth-order valence-corrected chi connectivity index (χ4v) is 4.41. The Morgan fingerprint density at radius 2 is 2.25 bits per heavy atom. The van der Waals surface area contributed by atoms with Gasteiger partial charge in [-0.15, -0.1) is 0 Å². The molecule has 1 spiro atoms. The number of likely N-dealkylation sites (tertiary alicyclic amines) is 1. The van der Waals surface area contributed by atoms with Crippen LogP contribution >= 0.6 is 0 Å². The van der Waals surface area contributed by atoms with Crippen LogP contribution in [0.5, 0.6) is 0 Å². The van der Waals surface area contributed by atoms with E-state index in [1.165, 1.54) is 0 Å². The van der Waals surface area contributed by atoms with Gasteiger partial charge in [-0.1, -0.05) is 0 Å². The minimum Gasteiger partial charge on any atom is -0.353 e. The van der Waals surface area contributed by atoms with E-state index in [-0.39, 0.29) is 17.9 Å². The Morgan fingerprint density at radius 3 is 3.17 bits per heavy atom. The average molecular weight is 326 g/mol. The molecule has 3 aliphatic heterocycles. The van der Waals surface area contributed by atoms with E-state index in [0.29, 0.717) is 31.6 Å². The second-order valence-corrected chi connectivity index (χ2v) is 6.68. The molecule has 2 atom stereocenters. The second kappa shape index (κ2) is 4.80. The number of hydrogen-bond acceptors (Lipinski definition) is 4. The SMILES string of the molecule is O=C(c1ccn2nccc2c1)N1CC[C@@]23OCCCN2C(=O)C[C@@H]13. The number of hydrogen-bond donors (Lipinski definition) is 0. The van der Waals surface area contributed by atoms with Gasteiger partial charge < -0.3 is 14.5 Å². The lowest BCUT2D eigenvalue weighted by molar-refractivity contribution is -0.179. The summed E-state index contributed by atoms with van der Waals surface area (Å²) in [5, 5.41) is 4.15. The summed E-state index contributed by atoms with van der Waals surface area (Å²) >= 11 is 0. The van der Waals surface area contributed by atoms with E-state index < -0.39 is 5.72 Å². The molecule has 5 rings (SSSR count). The molecule has 2 aromatic rings. The van der Waals surface area contributed by atoms with Crippen molar-refractivity contribution in [1.29, 1.82) is 0 Å². The smallest absolute Gasteiger partial charge is 0.254 e. The molecule has 0 aromatic carbocycles. The molecule has 7 nitrogen and oxygen atoms in total. The Balaban J connectivity index is 1.49. The van der Waals surface area contributed by atoms with Crippen molar-refractivity contribution in [2.45, 2.75) is 31.0 Å². The monoisotopic (exact) mass is 326 g/mol. The minimum absolute atomic E-state index is 0.0376. The van der Waals surface area contributed by atoms with Gasteiger partial charge in [0.25, 0.3) is 5.91 Å². The quantitative estimate of drug-likeness (QED) is 0.781. The molecule has 3 fully saturated rings. The summed E-state index contributed by atoms with van der Waals surface area (Å²) in [5.74, 6) is 0.0628. The zero-order chi connectivity index (χ0) is 16.3. The minimum atomic E-state index is -0.592. The molecule has 0 unspecified atom stereocenters. The number of carbonyl (C=O) groups excluding carboxylic acids is 2. The van der Waals surface area contributed by atoms with Crippen molar-refractivity contribution in [2.75, 3.05) is 19.7 Å². The Bertz CT molecular complexity index is 847. The van der Waals surface area contributed by atoms with E-state index in [1.807, 2.05) is 21.9 Å². The molecule has 5 heterocycles. The molecule has 2 amide bonds. The third-order valence-corrected chi connectivity index (χ3v) is 5.52. The van der Waals surface area contributed by atoms with Gasteiger partial charge in [-0.05, 0) is 24.6 Å². The highest BCUT2D eigenvalue weighted by Gasteiger charge is 2.61. The van der Waals surface area contributed by atoms with E-state index >= 15 is 0 Å². The first-order valence-corrected chi connectivity index (χ1v) is 8.38. The summed E-state index contributed by atoms with van der Waals surface area (Å²) in [6.45, 7) is 2.01. The maximum atomic E-state index is 13.0. The molecule has 7 heteroatoms. The van der Waals surface area contributed by atoms with Gasteiger partial charge in [-0.3, -0.25) is 9.59 Å². The predicted molar refractivity (Wildman–Crippen MR) is 84.3 cm³/mol. The lowest BCUT2D eigenvalue weighted by Crippen LogP contribution is -2.56. The highest BCUT2D eigenvalue weighted by Crippen LogP contribution is 2.45. The van der Waals surface area contributed by atoms with E-state index in [1.54, 1.807) is 23.0 Å². The fraction of sp³-hybridized carbons (Fsp3) is 0.471. The topological polar surface area (TPSA) is 67.2 Å². The third kappa shape index (κ3) is 1.73. The maximum Gasteiger partial charge on any atom is 0.254 e. The second-order valence-electron chi connectivity index (χ2n) is 6.68. The Hall–Kier alpha value is -2.41. The normalized spacial score (nSPS) is 29.2. The highest BCUT2D eigenvalue weighted by molar-refractivity contribution is 5.96. The standard InChI is InChI=1S/C17H18N4O3/c22-15-11-14-17(20(15)6-1-9-24-17)4-8-19(14)16(23)12-3-7-21-13(10-12)2-5-18-21/h2-3,5,7,10,14H,1,4,6,8-9,11H2/t14-,17+/m1/s1. The first-order valence-electron chi connectivity index (χ1n) is 8.38. The summed E-state index contributed by atoms with van der Waals surface area (Å²) < 4.78 is 7.78. The van der Waals surface area contributed by atoms with E-state index in [9.17, 15) is 9.59 Å². The van der Waals surface area contributed by atoms with Crippen LogP contribution in [0.2, 0.25) is 0 Å². The van der Waals surface area contributed by atoms with Crippen molar-refractivity contribution in [3.8, 4) is 0 Å². The number of amides is 2. The van der Waals surface area contributed by atoms with Gasteiger partial charge in [0.2, 0.25) is 5.91 Å². The van der Waals surface area contributed by atoms with Crippen molar-refractivity contribution in [3.63, 3.8) is 0 Å². The van der Waals surface area contributed by atoms with Gasteiger partial charge in [-0.2, -0.15) is 5.10 Å². The maximum absolute atomic E-state index is 13.0. The van der Waals surface area contributed by atoms with Gasteiger partial charge in [-0.25, -0.2) is 4.52 Å². The summed E-state index contributed by atoms with van der Waals surface area (Å²) in [6, 6.07) is 5.31. The highest BCUT2D eigenvalue weighted by atomic mass is 16.5. The average Bonchev–Trinajstić information content (AvgIpc) is 3.26. The lowest BCUT2D eigenvalue weighted by atomic mass is 10.0. The van der Waals surface area contributed by atoms with E-state index in [2.05, 4.69) is 5.10 Å². The summed E-state index contributed by atoms with van der Waals surface area (Å²) in [5.41, 5.74) is 0.917. The number of aromatic nitrogens is 2. The molecular weight excluding hydrogens is 308 g/mol. The first kappa shape index (κ1) is 14.0. The first-order chi connectivity index (χ1) is 11.7. The fourth-order valence-electron chi connectivity index (χ4n) is 4.41. The largest absolute Gasteiger partial charge is 0.353 e. The molecule has 0 aliphatic carbocycles. The van der Waals surface area contributed by atoms with Gasteiger partial charge in [0.1, 0.15) is 0 Å². The van der Waals surface area contributed by atoms with Gasteiger partial charge in [0.05, 0.1) is 24.6 Å². The number of rotatable bonds is 1. The number of pyridine rings is 1. The molecule has 3 saturated heterocycles. The Labute approximate surface area is 138 Å². The summed E-state index contributed by atoms with van der Waals surface area (Å²) in [7, 11) is 0. The van der Waals surface area contributed by atoms with E-state index in [4.69, 9.17) is 4.74 Å².